The number of anilines is 1. The van der Waals surface area contributed by atoms with Crippen LogP contribution in [0.1, 0.15) is 42.8 Å². The number of carbonyl (C=O) groups excluding carboxylic acids is 2. The molecular formula is C22H21ClN2O4. The predicted octanol–water partition coefficient (Wildman–Crippen LogP) is 5.52. The lowest BCUT2D eigenvalue weighted by Gasteiger charge is -2.11. The van der Waals surface area contributed by atoms with Crippen molar-refractivity contribution in [1.82, 2.24) is 5.16 Å². The van der Waals surface area contributed by atoms with E-state index in [9.17, 15) is 9.59 Å². The molecule has 6 nitrogen and oxygen atoms in total. The van der Waals surface area contributed by atoms with E-state index in [0.29, 0.717) is 39.9 Å². The van der Waals surface area contributed by atoms with Crippen LogP contribution in [-0.2, 0) is 11.4 Å². The topological polar surface area (TPSA) is 81.4 Å². The van der Waals surface area contributed by atoms with Crippen molar-refractivity contribution in [2.75, 3.05) is 5.32 Å². The summed E-state index contributed by atoms with van der Waals surface area (Å²) in [6.45, 7) is 3.49. The lowest BCUT2D eigenvalue weighted by atomic mass is 10.1. The highest BCUT2D eigenvalue weighted by molar-refractivity contribution is 6.30. The lowest BCUT2D eigenvalue weighted by molar-refractivity contribution is -0.116. The fourth-order valence-corrected chi connectivity index (χ4v) is 2.87. The number of hydrogen-bond donors (Lipinski definition) is 1. The first-order chi connectivity index (χ1) is 14.0. The second kappa shape index (κ2) is 9.39. The maximum absolute atomic E-state index is 12.0. The van der Waals surface area contributed by atoms with E-state index in [1.54, 1.807) is 36.4 Å². The minimum Gasteiger partial charge on any atom is -0.485 e. The van der Waals surface area contributed by atoms with E-state index in [4.69, 9.17) is 20.9 Å². The Hall–Kier alpha value is -3.12. The molecule has 0 spiro atoms. The van der Waals surface area contributed by atoms with Gasteiger partial charge in [-0.25, -0.2) is 0 Å². The molecule has 1 heterocycles. The number of halogens is 1. The van der Waals surface area contributed by atoms with Crippen LogP contribution in [0.3, 0.4) is 0 Å². The van der Waals surface area contributed by atoms with E-state index in [1.165, 1.54) is 6.92 Å². The van der Waals surface area contributed by atoms with Gasteiger partial charge in [-0.15, -0.1) is 0 Å². The Morgan fingerprint density at radius 3 is 2.59 bits per heavy atom. The zero-order chi connectivity index (χ0) is 20.8. The molecular weight excluding hydrogens is 392 g/mol. The third-order valence-electron chi connectivity index (χ3n) is 4.19. The molecule has 0 saturated carbocycles. The molecule has 0 aliphatic carbocycles. The van der Waals surface area contributed by atoms with E-state index in [1.807, 2.05) is 19.1 Å². The number of nitrogens with one attached hydrogen (secondary N) is 1. The number of hydrogen-bond acceptors (Lipinski definition) is 5. The monoisotopic (exact) mass is 412 g/mol. The van der Waals surface area contributed by atoms with E-state index in [0.717, 1.165) is 12.0 Å². The number of carbonyl (C=O) groups is 2. The van der Waals surface area contributed by atoms with Gasteiger partial charge in [0.15, 0.2) is 11.5 Å². The van der Waals surface area contributed by atoms with Gasteiger partial charge in [-0.05, 0) is 43.7 Å². The number of amides is 1. The van der Waals surface area contributed by atoms with Crippen molar-refractivity contribution >= 4 is 29.0 Å². The first-order valence-electron chi connectivity index (χ1n) is 9.25. The summed E-state index contributed by atoms with van der Waals surface area (Å²) in [6, 6.07) is 14.0. The van der Waals surface area contributed by atoms with Gasteiger partial charge >= 0.3 is 0 Å². The molecule has 2 aromatic carbocycles. The molecule has 0 unspecified atom stereocenters. The van der Waals surface area contributed by atoms with Gasteiger partial charge in [0.25, 0.3) is 0 Å². The van der Waals surface area contributed by atoms with Crippen LogP contribution in [0.2, 0.25) is 5.02 Å². The van der Waals surface area contributed by atoms with Crippen molar-refractivity contribution in [3.05, 3.63) is 64.9 Å². The highest BCUT2D eigenvalue weighted by atomic mass is 35.5. The lowest BCUT2D eigenvalue weighted by Crippen LogP contribution is -2.11. The zero-order valence-electron chi connectivity index (χ0n) is 16.2. The predicted molar refractivity (Wildman–Crippen MR) is 111 cm³/mol. The van der Waals surface area contributed by atoms with Crippen molar-refractivity contribution in [3.8, 4) is 17.0 Å². The van der Waals surface area contributed by atoms with Crippen molar-refractivity contribution in [2.24, 2.45) is 0 Å². The third kappa shape index (κ3) is 5.45. The van der Waals surface area contributed by atoms with Crippen molar-refractivity contribution < 1.29 is 18.8 Å². The van der Waals surface area contributed by atoms with Crippen LogP contribution in [0.15, 0.2) is 53.1 Å². The van der Waals surface area contributed by atoms with Crippen molar-refractivity contribution in [1.29, 1.82) is 0 Å². The van der Waals surface area contributed by atoms with E-state index in [2.05, 4.69) is 10.5 Å². The standard InChI is InChI=1S/C22H21ClN2O4/c1-3-4-22(27)24-17-9-10-21(19(11-17)14(2)26)28-13-18-12-20(25-29-18)15-5-7-16(23)8-6-15/h5-12H,3-4,13H2,1-2H3,(H,24,27). The maximum atomic E-state index is 12.0. The number of rotatable bonds is 8. The molecule has 1 aromatic heterocycles. The Labute approximate surface area is 173 Å². The van der Waals surface area contributed by atoms with Crippen LogP contribution >= 0.6 is 11.6 Å². The molecule has 1 amide bonds. The summed E-state index contributed by atoms with van der Waals surface area (Å²) in [5, 5.41) is 7.46. The largest absolute Gasteiger partial charge is 0.485 e. The molecule has 0 atom stereocenters. The molecule has 29 heavy (non-hydrogen) atoms. The second-order valence-corrected chi connectivity index (χ2v) is 6.98. The molecule has 7 heteroatoms. The van der Waals surface area contributed by atoms with E-state index < -0.39 is 0 Å². The summed E-state index contributed by atoms with van der Waals surface area (Å²) in [4.78, 5) is 23.8. The molecule has 0 aliphatic heterocycles. The molecule has 0 radical (unpaired) electrons. The Bertz CT molecular complexity index is 1010. The zero-order valence-corrected chi connectivity index (χ0v) is 17.0. The first kappa shape index (κ1) is 20.6. The Kier molecular flexibility index (Phi) is 6.67. The number of nitrogens with zero attached hydrogens (tertiary/aromatic N) is 1. The summed E-state index contributed by atoms with van der Waals surface area (Å²) in [5.74, 6) is 0.679. The van der Waals surface area contributed by atoms with Gasteiger partial charge in [0.05, 0.1) is 5.56 Å². The van der Waals surface area contributed by atoms with E-state index in [-0.39, 0.29) is 18.3 Å². The number of aromatic nitrogens is 1. The van der Waals surface area contributed by atoms with E-state index >= 15 is 0 Å². The van der Waals surface area contributed by atoms with Crippen LogP contribution in [0, 0.1) is 0 Å². The molecule has 3 aromatic rings. The fraction of sp³-hybridized carbons (Fsp3) is 0.227. The molecule has 0 aliphatic rings. The average Bonchev–Trinajstić information content (AvgIpc) is 3.16. The Morgan fingerprint density at radius 1 is 1.14 bits per heavy atom. The fourth-order valence-electron chi connectivity index (χ4n) is 2.75. The van der Waals surface area contributed by atoms with Gasteiger partial charge in [0.2, 0.25) is 5.91 Å². The number of benzene rings is 2. The maximum Gasteiger partial charge on any atom is 0.224 e. The molecule has 150 valence electrons. The number of ether oxygens (including phenoxy) is 1. The minimum atomic E-state index is -0.161. The third-order valence-corrected chi connectivity index (χ3v) is 4.44. The highest BCUT2D eigenvalue weighted by Crippen LogP contribution is 2.26. The average molecular weight is 413 g/mol. The van der Waals surface area contributed by atoms with Gasteiger partial charge in [0.1, 0.15) is 18.1 Å². The summed E-state index contributed by atoms with van der Waals surface area (Å²) >= 11 is 5.90. The van der Waals surface area contributed by atoms with Crippen molar-refractivity contribution in [2.45, 2.75) is 33.3 Å². The van der Waals surface area contributed by atoms with Crippen molar-refractivity contribution in [3.63, 3.8) is 0 Å². The van der Waals surface area contributed by atoms with Gasteiger partial charge in [-0.3, -0.25) is 9.59 Å². The molecule has 0 fully saturated rings. The SMILES string of the molecule is CCCC(=O)Nc1ccc(OCc2cc(-c3ccc(Cl)cc3)no2)c(C(C)=O)c1. The van der Waals surface area contributed by atoms with Gasteiger partial charge in [0, 0.05) is 28.8 Å². The van der Waals surface area contributed by atoms with Gasteiger partial charge < -0.3 is 14.6 Å². The second-order valence-electron chi connectivity index (χ2n) is 6.54. The van der Waals surface area contributed by atoms with Gasteiger partial charge in [-0.1, -0.05) is 35.8 Å². The number of ketones is 1. The van der Waals surface area contributed by atoms with Crippen LogP contribution in [0.5, 0.6) is 5.75 Å². The Balaban J connectivity index is 1.70. The van der Waals surface area contributed by atoms with Crippen LogP contribution < -0.4 is 10.1 Å². The summed E-state index contributed by atoms with van der Waals surface area (Å²) < 4.78 is 11.1. The van der Waals surface area contributed by atoms with Crippen LogP contribution in [0.4, 0.5) is 5.69 Å². The Morgan fingerprint density at radius 2 is 1.90 bits per heavy atom. The van der Waals surface area contributed by atoms with Gasteiger partial charge in [-0.2, -0.15) is 0 Å². The highest BCUT2D eigenvalue weighted by Gasteiger charge is 2.13. The molecule has 0 saturated heterocycles. The number of Topliss-reactive ketones (excluding diaryl/α,β-unsaturated/α-hetero) is 1. The normalized spacial score (nSPS) is 10.6. The first-order valence-corrected chi connectivity index (χ1v) is 9.63. The quantitative estimate of drug-likeness (QED) is 0.493. The van der Waals surface area contributed by atoms with Crippen LogP contribution in [-0.4, -0.2) is 16.8 Å². The smallest absolute Gasteiger partial charge is 0.224 e. The summed E-state index contributed by atoms with van der Waals surface area (Å²) in [7, 11) is 0. The summed E-state index contributed by atoms with van der Waals surface area (Å²) in [5.41, 5.74) is 2.49. The molecule has 1 N–H and O–H groups in total. The summed E-state index contributed by atoms with van der Waals surface area (Å²) in [6.07, 6.45) is 1.18. The molecule has 3 rings (SSSR count). The molecule has 0 bridgehead atoms. The van der Waals surface area contributed by atoms with Crippen LogP contribution in [0.25, 0.3) is 11.3 Å². The minimum absolute atomic E-state index is 0.0907.